The number of carboxylic acid groups (broad SMARTS) is 1. The molecule has 1 aliphatic rings. The average molecular weight is 478 g/mol. The summed E-state index contributed by atoms with van der Waals surface area (Å²) in [5, 5.41) is 9.29. The quantitative estimate of drug-likeness (QED) is 0.500. The van der Waals surface area contributed by atoms with Gasteiger partial charge in [-0.1, -0.05) is 12.1 Å². The number of aliphatic carboxylic acids is 1. The van der Waals surface area contributed by atoms with Crippen LogP contribution in [-0.4, -0.2) is 38.6 Å². The second-order valence-corrected chi connectivity index (χ2v) is 8.63. The molecule has 174 valence electrons. The molecular formula is C23H21F3N2O4S. The predicted octanol–water partition coefficient (Wildman–Crippen LogP) is 5.21. The number of carboxylic acids is 1. The molecule has 1 fully saturated rings. The number of hydrogen-bond acceptors (Lipinski definition) is 6. The number of alkyl halides is 3. The first-order chi connectivity index (χ1) is 15.7. The van der Waals surface area contributed by atoms with Crippen LogP contribution in [0.3, 0.4) is 0 Å². The van der Waals surface area contributed by atoms with E-state index in [0.29, 0.717) is 40.9 Å². The molecule has 1 N–H and O–H groups in total. The van der Waals surface area contributed by atoms with Crippen LogP contribution in [0.5, 0.6) is 5.75 Å². The third-order valence-electron chi connectivity index (χ3n) is 5.30. The SMILES string of the molecule is Cc1oc(-c2ccc(C(F)(F)F)cc2)nc1COc1ccc(CN2CSCC2C(=O)O)cc1. The summed E-state index contributed by atoms with van der Waals surface area (Å²) in [6.07, 6.45) is -4.40. The number of nitrogens with zero attached hydrogens (tertiary/aromatic N) is 2. The number of carbonyl (C=O) groups is 1. The summed E-state index contributed by atoms with van der Waals surface area (Å²) < 4.78 is 49.6. The molecular weight excluding hydrogens is 457 g/mol. The van der Waals surface area contributed by atoms with Gasteiger partial charge in [0.1, 0.15) is 29.9 Å². The van der Waals surface area contributed by atoms with Gasteiger partial charge in [0.25, 0.3) is 0 Å². The topological polar surface area (TPSA) is 75.8 Å². The van der Waals surface area contributed by atoms with Crippen LogP contribution in [0, 0.1) is 6.92 Å². The minimum Gasteiger partial charge on any atom is -0.487 e. The summed E-state index contributed by atoms with van der Waals surface area (Å²) in [4.78, 5) is 17.6. The summed E-state index contributed by atoms with van der Waals surface area (Å²) in [6.45, 7) is 2.40. The van der Waals surface area contributed by atoms with Crippen LogP contribution in [-0.2, 0) is 24.1 Å². The lowest BCUT2D eigenvalue weighted by molar-refractivity contribution is -0.142. The molecule has 1 saturated heterocycles. The molecule has 33 heavy (non-hydrogen) atoms. The van der Waals surface area contributed by atoms with Gasteiger partial charge in [-0.05, 0) is 48.9 Å². The van der Waals surface area contributed by atoms with Gasteiger partial charge in [0.2, 0.25) is 5.89 Å². The van der Waals surface area contributed by atoms with Crippen molar-refractivity contribution in [2.45, 2.75) is 32.3 Å². The van der Waals surface area contributed by atoms with Crippen molar-refractivity contribution >= 4 is 17.7 Å². The van der Waals surface area contributed by atoms with Gasteiger partial charge in [-0.25, -0.2) is 4.98 Å². The summed E-state index contributed by atoms with van der Waals surface area (Å²) in [6, 6.07) is 11.6. The smallest absolute Gasteiger partial charge is 0.416 e. The maximum absolute atomic E-state index is 12.7. The Kier molecular flexibility index (Phi) is 6.66. The van der Waals surface area contributed by atoms with Gasteiger partial charge in [-0.3, -0.25) is 9.69 Å². The number of aromatic nitrogens is 1. The Hall–Kier alpha value is -2.98. The molecule has 1 atom stereocenters. The minimum atomic E-state index is -4.40. The molecule has 2 heterocycles. The molecule has 0 amide bonds. The second kappa shape index (κ2) is 9.48. The monoisotopic (exact) mass is 478 g/mol. The molecule has 0 saturated carbocycles. The lowest BCUT2D eigenvalue weighted by Gasteiger charge is -2.20. The van der Waals surface area contributed by atoms with E-state index in [1.165, 1.54) is 12.1 Å². The zero-order valence-electron chi connectivity index (χ0n) is 17.6. The fourth-order valence-electron chi connectivity index (χ4n) is 3.42. The number of ether oxygens (including phenoxy) is 1. The Labute approximate surface area is 192 Å². The van der Waals surface area contributed by atoms with E-state index in [4.69, 9.17) is 9.15 Å². The Balaban J connectivity index is 1.37. The number of thioether (sulfide) groups is 1. The molecule has 4 rings (SSSR count). The normalized spacial score (nSPS) is 16.8. The van der Waals surface area contributed by atoms with Gasteiger partial charge in [0, 0.05) is 23.7 Å². The Bertz CT molecular complexity index is 1110. The fourth-order valence-corrected chi connectivity index (χ4v) is 4.61. The third-order valence-corrected chi connectivity index (χ3v) is 6.36. The Morgan fingerprint density at radius 1 is 1.21 bits per heavy atom. The first-order valence-electron chi connectivity index (χ1n) is 10.1. The van der Waals surface area contributed by atoms with Gasteiger partial charge in [-0.2, -0.15) is 13.2 Å². The number of hydrogen-bond donors (Lipinski definition) is 1. The highest BCUT2D eigenvalue weighted by Crippen LogP contribution is 2.31. The average Bonchev–Trinajstić information content (AvgIpc) is 3.39. The molecule has 1 aromatic heterocycles. The Morgan fingerprint density at radius 3 is 2.55 bits per heavy atom. The van der Waals surface area contributed by atoms with Crippen molar-refractivity contribution in [3.8, 4) is 17.2 Å². The van der Waals surface area contributed by atoms with E-state index >= 15 is 0 Å². The van der Waals surface area contributed by atoms with E-state index in [2.05, 4.69) is 4.98 Å². The van der Waals surface area contributed by atoms with Crippen molar-refractivity contribution in [3.63, 3.8) is 0 Å². The molecule has 6 nitrogen and oxygen atoms in total. The number of aryl methyl sites for hydroxylation is 1. The van der Waals surface area contributed by atoms with E-state index in [0.717, 1.165) is 17.7 Å². The lowest BCUT2D eigenvalue weighted by atomic mass is 10.1. The highest BCUT2D eigenvalue weighted by atomic mass is 32.2. The molecule has 0 aliphatic carbocycles. The highest BCUT2D eigenvalue weighted by Gasteiger charge is 2.31. The first kappa shape index (κ1) is 23.2. The zero-order valence-corrected chi connectivity index (χ0v) is 18.4. The Morgan fingerprint density at radius 2 is 1.91 bits per heavy atom. The van der Waals surface area contributed by atoms with Crippen LogP contribution in [0.2, 0.25) is 0 Å². The number of oxazole rings is 1. The van der Waals surface area contributed by atoms with Crippen LogP contribution in [0.4, 0.5) is 13.2 Å². The largest absolute Gasteiger partial charge is 0.487 e. The predicted molar refractivity (Wildman–Crippen MR) is 117 cm³/mol. The van der Waals surface area contributed by atoms with Crippen molar-refractivity contribution in [1.82, 2.24) is 9.88 Å². The number of halogens is 3. The van der Waals surface area contributed by atoms with Crippen molar-refractivity contribution in [2.24, 2.45) is 0 Å². The van der Waals surface area contributed by atoms with Crippen LogP contribution in [0.25, 0.3) is 11.5 Å². The molecule has 3 aromatic rings. The molecule has 0 radical (unpaired) electrons. The van der Waals surface area contributed by atoms with Gasteiger partial charge >= 0.3 is 12.1 Å². The molecule has 10 heteroatoms. The summed E-state index contributed by atoms with van der Waals surface area (Å²) in [5.74, 6) is 1.82. The lowest BCUT2D eigenvalue weighted by Crippen LogP contribution is -2.37. The van der Waals surface area contributed by atoms with Gasteiger partial charge in [0.15, 0.2) is 0 Å². The molecule has 0 bridgehead atoms. The highest BCUT2D eigenvalue weighted by molar-refractivity contribution is 7.99. The molecule has 1 unspecified atom stereocenters. The number of rotatable bonds is 7. The van der Waals surface area contributed by atoms with Crippen LogP contribution >= 0.6 is 11.8 Å². The molecule has 1 aliphatic heterocycles. The van der Waals surface area contributed by atoms with E-state index in [1.54, 1.807) is 30.8 Å². The van der Waals surface area contributed by atoms with E-state index in [1.807, 2.05) is 17.0 Å². The summed E-state index contributed by atoms with van der Waals surface area (Å²) in [7, 11) is 0. The van der Waals surface area contributed by atoms with Gasteiger partial charge in [-0.15, -0.1) is 11.8 Å². The third kappa shape index (κ3) is 5.51. The maximum Gasteiger partial charge on any atom is 0.416 e. The van der Waals surface area contributed by atoms with Crippen LogP contribution in [0.15, 0.2) is 52.9 Å². The van der Waals surface area contributed by atoms with Crippen LogP contribution in [0.1, 0.15) is 22.6 Å². The van der Waals surface area contributed by atoms with Gasteiger partial charge in [0.05, 0.1) is 5.56 Å². The van der Waals surface area contributed by atoms with Crippen molar-refractivity contribution in [2.75, 3.05) is 11.6 Å². The number of benzene rings is 2. The minimum absolute atomic E-state index is 0.138. The standard InChI is InChI=1S/C23H21F3N2O4S/c1-14-19(27-21(32-14)16-4-6-17(7-5-16)23(24,25)26)11-31-18-8-2-15(3-9-18)10-28-13-33-12-20(28)22(29)30/h2-9,20H,10-13H2,1H3,(H,29,30). The van der Waals surface area contributed by atoms with Crippen molar-refractivity contribution in [3.05, 3.63) is 71.1 Å². The summed E-state index contributed by atoms with van der Waals surface area (Å²) >= 11 is 1.60. The molecule has 2 aromatic carbocycles. The molecule has 0 spiro atoms. The van der Waals surface area contributed by atoms with E-state index < -0.39 is 23.8 Å². The van der Waals surface area contributed by atoms with Gasteiger partial charge < -0.3 is 14.3 Å². The second-order valence-electron chi connectivity index (χ2n) is 7.63. The fraction of sp³-hybridized carbons (Fsp3) is 0.304. The van der Waals surface area contributed by atoms with Crippen molar-refractivity contribution < 1.29 is 32.2 Å². The first-order valence-corrected chi connectivity index (χ1v) is 11.3. The van der Waals surface area contributed by atoms with Crippen LogP contribution < -0.4 is 4.74 Å². The maximum atomic E-state index is 12.7. The van der Waals surface area contributed by atoms with E-state index in [9.17, 15) is 23.1 Å². The zero-order chi connectivity index (χ0) is 23.6. The van der Waals surface area contributed by atoms with Crippen molar-refractivity contribution in [1.29, 1.82) is 0 Å². The summed E-state index contributed by atoms with van der Waals surface area (Å²) in [5.41, 5.74) is 1.25. The van der Waals surface area contributed by atoms with E-state index in [-0.39, 0.29) is 12.5 Å².